The van der Waals surface area contributed by atoms with Gasteiger partial charge >= 0.3 is 0 Å². The molecule has 0 amide bonds. The molecule has 4 rings (SSSR count). The number of hydrogen-bond donors (Lipinski definition) is 0. The lowest BCUT2D eigenvalue weighted by molar-refractivity contribution is 0.504. The van der Waals surface area contributed by atoms with E-state index in [0.717, 1.165) is 42.2 Å². The molecule has 24 heavy (non-hydrogen) atoms. The average molecular weight is 355 g/mol. The van der Waals surface area contributed by atoms with Crippen molar-refractivity contribution in [2.45, 2.75) is 18.8 Å². The summed E-state index contributed by atoms with van der Waals surface area (Å²) >= 11 is 7.83. The second kappa shape index (κ2) is 6.39. The van der Waals surface area contributed by atoms with E-state index in [0.29, 0.717) is 11.6 Å². The molecule has 6 heteroatoms. The van der Waals surface area contributed by atoms with Gasteiger partial charge in [0.1, 0.15) is 11.8 Å². The third-order valence-corrected chi connectivity index (χ3v) is 5.87. The fourth-order valence-corrected chi connectivity index (χ4v) is 4.40. The molecule has 120 valence electrons. The zero-order valence-corrected chi connectivity index (χ0v) is 14.5. The third kappa shape index (κ3) is 2.95. The van der Waals surface area contributed by atoms with Gasteiger partial charge in [0.2, 0.25) is 0 Å². The molecule has 1 saturated heterocycles. The van der Waals surface area contributed by atoms with Crippen molar-refractivity contribution >= 4 is 38.8 Å². The highest BCUT2D eigenvalue weighted by atomic mass is 35.5. The molecule has 4 nitrogen and oxygen atoms in total. The first-order valence-corrected chi connectivity index (χ1v) is 9.09. The fraction of sp³-hybridized carbons (Fsp3) is 0.278. The smallest absolute Gasteiger partial charge is 0.140 e. The molecule has 1 aromatic carbocycles. The summed E-state index contributed by atoms with van der Waals surface area (Å²) in [7, 11) is 0. The number of benzene rings is 1. The Morgan fingerprint density at radius 2 is 2.04 bits per heavy atom. The second-order valence-electron chi connectivity index (χ2n) is 5.94. The lowest BCUT2D eigenvalue weighted by Gasteiger charge is -2.32. The Hall–Kier alpha value is -2.16. The summed E-state index contributed by atoms with van der Waals surface area (Å²) in [4.78, 5) is 11.3. The summed E-state index contributed by atoms with van der Waals surface area (Å²) in [5, 5.41) is 10.8. The van der Waals surface area contributed by atoms with E-state index in [1.54, 1.807) is 23.6 Å². The number of fused-ring (bicyclic) bond motifs is 1. The van der Waals surface area contributed by atoms with Gasteiger partial charge in [0.15, 0.2) is 0 Å². The van der Waals surface area contributed by atoms with Gasteiger partial charge in [0.05, 0.1) is 27.1 Å². The molecular formula is C18H15ClN4S. The summed E-state index contributed by atoms with van der Waals surface area (Å²) in [5.74, 6) is 0.503. The number of pyridine rings is 1. The summed E-state index contributed by atoms with van der Waals surface area (Å²) in [5.41, 5.74) is 2.55. The highest BCUT2D eigenvalue weighted by Gasteiger charge is 2.23. The number of piperidine rings is 1. The maximum atomic E-state index is 8.84. The Bertz CT molecular complexity index is 905. The molecule has 3 aromatic rings. The van der Waals surface area contributed by atoms with Crippen molar-refractivity contribution in [3.63, 3.8) is 0 Å². The first-order valence-electron chi connectivity index (χ1n) is 7.90. The molecule has 0 spiro atoms. The molecule has 0 radical (unpaired) electrons. The molecular weight excluding hydrogens is 340 g/mol. The largest absolute Gasteiger partial charge is 0.370 e. The van der Waals surface area contributed by atoms with Crippen LogP contribution in [0.4, 0.5) is 5.69 Å². The van der Waals surface area contributed by atoms with Crippen LogP contribution in [0.1, 0.15) is 29.5 Å². The zero-order valence-electron chi connectivity index (χ0n) is 12.9. The van der Waals surface area contributed by atoms with Crippen molar-refractivity contribution in [2.75, 3.05) is 18.0 Å². The lowest BCUT2D eigenvalue weighted by atomic mass is 9.97. The van der Waals surface area contributed by atoms with Crippen LogP contribution in [-0.4, -0.2) is 23.1 Å². The Balaban J connectivity index is 1.47. The van der Waals surface area contributed by atoms with E-state index in [4.69, 9.17) is 21.8 Å². The van der Waals surface area contributed by atoms with Crippen molar-refractivity contribution in [3.8, 4) is 6.07 Å². The van der Waals surface area contributed by atoms with E-state index >= 15 is 0 Å². The molecule has 1 aliphatic rings. The number of anilines is 1. The maximum absolute atomic E-state index is 8.84. The predicted molar refractivity (Wildman–Crippen MR) is 97.8 cm³/mol. The maximum Gasteiger partial charge on any atom is 0.140 e. The van der Waals surface area contributed by atoms with Crippen LogP contribution < -0.4 is 4.90 Å². The van der Waals surface area contributed by atoms with Gasteiger partial charge in [0.25, 0.3) is 0 Å². The van der Waals surface area contributed by atoms with E-state index in [9.17, 15) is 0 Å². The summed E-state index contributed by atoms with van der Waals surface area (Å²) in [6, 6.07) is 11.7. The summed E-state index contributed by atoms with van der Waals surface area (Å²) in [6.45, 7) is 1.96. The van der Waals surface area contributed by atoms with Crippen molar-refractivity contribution < 1.29 is 0 Å². The number of nitrogens with zero attached hydrogens (tertiary/aromatic N) is 4. The first-order chi connectivity index (χ1) is 11.7. The topological polar surface area (TPSA) is 52.8 Å². The number of rotatable bonds is 2. The van der Waals surface area contributed by atoms with Crippen LogP contribution in [0.15, 0.2) is 36.5 Å². The Labute approximate surface area is 149 Å². The third-order valence-electron chi connectivity index (χ3n) is 4.44. The minimum absolute atomic E-state index is 0.460. The van der Waals surface area contributed by atoms with Crippen molar-refractivity contribution in [2.24, 2.45) is 0 Å². The monoisotopic (exact) mass is 354 g/mol. The van der Waals surface area contributed by atoms with Crippen LogP contribution in [0.25, 0.3) is 10.2 Å². The van der Waals surface area contributed by atoms with E-state index in [1.807, 2.05) is 18.2 Å². The van der Waals surface area contributed by atoms with Gasteiger partial charge in [0, 0.05) is 24.0 Å². The zero-order chi connectivity index (χ0) is 16.5. The molecule has 0 unspecified atom stereocenters. The number of aromatic nitrogens is 2. The molecule has 0 aliphatic carbocycles. The number of hydrogen-bond acceptors (Lipinski definition) is 5. The van der Waals surface area contributed by atoms with Gasteiger partial charge in [-0.2, -0.15) is 5.26 Å². The molecule has 3 heterocycles. The van der Waals surface area contributed by atoms with Crippen LogP contribution in [0, 0.1) is 11.3 Å². The molecule has 1 aliphatic heterocycles. The average Bonchev–Trinajstić information content (AvgIpc) is 3.05. The number of nitriles is 1. The van der Waals surface area contributed by atoms with Crippen LogP contribution in [-0.2, 0) is 0 Å². The van der Waals surface area contributed by atoms with Crippen LogP contribution in [0.5, 0.6) is 0 Å². The summed E-state index contributed by atoms with van der Waals surface area (Å²) in [6.07, 6.45) is 3.94. The molecule has 0 N–H and O–H groups in total. The second-order valence-corrected chi connectivity index (χ2v) is 7.44. The standard InChI is InChI=1S/C18H15ClN4S/c19-13-1-4-17-16(9-13)22-18(24-17)12-5-7-23(8-6-12)15-3-2-14(10-20)21-11-15/h1-4,9,11-12H,5-8H2. The fourth-order valence-electron chi connectivity index (χ4n) is 3.12. The normalized spacial score (nSPS) is 15.6. The van der Waals surface area contributed by atoms with Gasteiger partial charge in [-0.1, -0.05) is 11.6 Å². The lowest BCUT2D eigenvalue weighted by Crippen LogP contribution is -2.32. The van der Waals surface area contributed by atoms with Gasteiger partial charge in [-0.25, -0.2) is 9.97 Å². The minimum atomic E-state index is 0.460. The van der Waals surface area contributed by atoms with E-state index in [-0.39, 0.29) is 0 Å². The van der Waals surface area contributed by atoms with Gasteiger partial charge in [-0.15, -0.1) is 11.3 Å². The van der Waals surface area contributed by atoms with Gasteiger partial charge in [-0.3, -0.25) is 0 Å². The van der Waals surface area contributed by atoms with E-state index < -0.39 is 0 Å². The SMILES string of the molecule is N#Cc1ccc(N2CCC(c3nc4cc(Cl)ccc4s3)CC2)cn1. The molecule has 0 saturated carbocycles. The van der Waals surface area contributed by atoms with Crippen molar-refractivity contribution in [1.82, 2.24) is 9.97 Å². The Kier molecular flexibility index (Phi) is 4.09. The van der Waals surface area contributed by atoms with E-state index in [2.05, 4.69) is 22.0 Å². The highest BCUT2D eigenvalue weighted by Crippen LogP contribution is 2.35. The quantitative estimate of drug-likeness (QED) is 0.674. The van der Waals surface area contributed by atoms with Crippen LogP contribution in [0.2, 0.25) is 5.02 Å². The molecule has 0 bridgehead atoms. The van der Waals surface area contributed by atoms with Crippen LogP contribution >= 0.6 is 22.9 Å². The number of halogens is 1. The van der Waals surface area contributed by atoms with Gasteiger partial charge < -0.3 is 4.90 Å². The highest BCUT2D eigenvalue weighted by molar-refractivity contribution is 7.18. The molecule has 1 fully saturated rings. The number of thiazole rings is 1. The molecule has 2 aromatic heterocycles. The first kappa shape index (κ1) is 15.4. The minimum Gasteiger partial charge on any atom is -0.370 e. The Morgan fingerprint density at radius 3 is 2.75 bits per heavy atom. The molecule has 0 atom stereocenters. The van der Waals surface area contributed by atoms with Crippen molar-refractivity contribution in [1.29, 1.82) is 5.26 Å². The van der Waals surface area contributed by atoms with Crippen molar-refractivity contribution in [3.05, 3.63) is 52.3 Å². The van der Waals surface area contributed by atoms with Gasteiger partial charge in [-0.05, 0) is 43.2 Å². The Morgan fingerprint density at radius 1 is 1.21 bits per heavy atom. The predicted octanol–water partition coefficient (Wildman–Crippen LogP) is 4.60. The van der Waals surface area contributed by atoms with Crippen LogP contribution in [0.3, 0.4) is 0 Å². The van der Waals surface area contributed by atoms with E-state index in [1.165, 1.54) is 9.71 Å². The summed E-state index contributed by atoms with van der Waals surface area (Å²) < 4.78 is 1.20.